The number of aryl methyl sites for hydroxylation is 1. The number of aromatic nitrogens is 1. The van der Waals surface area contributed by atoms with Gasteiger partial charge >= 0.3 is 0 Å². The van der Waals surface area contributed by atoms with Crippen molar-refractivity contribution in [2.75, 3.05) is 5.48 Å². The lowest BCUT2D eigenvalue weighted by molar-refractivity contribution is 0.0999. The standard InChI is InChI=1S/C8H10ClN3O2/c1-3-5(7(10)13)8(12-14)11-4(2)6(3)9/h14H,1-2H3,(H2,10,13)(H,11,12). The van der Waals surface area contributed by atoms with Gasteiger partial charge in [-0.05, 0) is 19.4 Å². The fraction of sp³-hybridized carbons (Fsp3) is 0.250. The number of halogens is 1. The summed E-state index contributed by atoms with van der Waals surface area (Å²) in [6.07, 6.45) is 0. The van der Waals surface area contributed by atoms with Gasteiger partial charge in [0.1, 0.15) is 0 Å². The molecule has 0 aliphatic rings. The Bertz CT molecular complexity index is 393. The maximum atomic E-state index is 11.0. The molecule has 1 rings (SSSR count). The second-order valence-corrected chi connectivity index (χ2v) is 3.21. The molecule has 76 valence electrons. The van der Waals surface area contributed by atoms with Gasteiger partial charge in [0.05, 0.1) is 16.3 Å². The Morgan fingerprint density at radius 3 is 2.57 bits per heavy atom. The van der Waals surface area contributed by atoms with E-state index in [0.717, 1.165) is 0 Å². The zero-order valence-electron chi connectivity index (χ0n) is 7.76. The molecule has 0 atom stereocenters. The van der Waals surface area contributed by atoms with Crippen molar-refractivity contribution in [3.05, 3.63) is 21.8 Å². The Kier molecular flexibility index (Phi) is 2.93. The monoisotopic (exact) mass is 215 g/mol. The van der Waals surface area contributed by atoms with E-state index < -0.39 is 5.91 Å². The van der Waals surface area contributed by atoms with E-state index in [9.17, 15) is 4.79 Å². The highest BCUT2D eigenvalue weighted by molar-refractivity contribution is 6.32. The van der Waals surface area contributed by atoms with Crippen LogP contribution in [0.1, 0.15) is 21.6 Å². The van der Waals surface area contributed by atoms with E-state index in [1.807, 2.05) is 5.48 Å². The summed E-state index contributed by atoms with van der Waals surface area (Å²) in [5, 5.41) is 9.12. The first-order valence-electron chi connectivity index (χ1n) is 3.85. The largest absolute Gasteiger partial charge is 0.365 e. The van der Waals surface area contributed by atoms with E-state index in [-0.39, 0.29) is 11.4 Å². The molecule has 0 spiro atoms. The number of nitrogens with zero attached hydrogens (tertiary/aromatic N) is 1. The van der Waals surface area contributed by atoms with Crippen LogP contribution in [0.15, 0.2) is 0 Å². The first-order chi connectivity index (χ1) is 6.49. The van der Waals surface area contributed by atoms with Crippen molar-refractivity contribution < 1.29 is 10.0 Å². The summed E-state index contributed by atoms with van der Waals surface area (Å²) in [5.74, 6) is -0.662. The number of hydrogen-bond donors (Lipinski definition) is 3. The summed E-state index contributed by atoms with van der Waals surface area (Å²) in [6.45, 7) is 3.30. The van der Waals surface area contributed by atoms with Crippen molar-refractivity contribution in [1.29, 1.82) is 0 Å². The van der Waals surface area contributed by atoms with E-state index in [1.165, 1.54) is 0 Å². The first-order valence-corrected chi connectivity index (χ1v) is 4.23. The number of carbonyl (C=O) groups excluding carboxylic acids is 1. The van der Waals surface area contributed by atoms with E-state index in [0.29, 0.717) is 16.3 Å². The number of nitrogens with two attached hydrogens (primary N) is 1. The van der Waals surface area contributed by atoms with Gasteiger partial charge in [0, 0.05) is 0 Å². The molecule has 0 aliphatic carbocycles. The van der Waals surface area contributed by atoms with Crippen LogP contribution < -0.4 is 11.2 Å². The van der Waals surface area contributed by atoms with Crippen molar-refractivity contribution in [2.24, 2.45) is 5.73 Å². The maximum absolute atomic E-state index is 11.0. The third-order valence-electron chi connectivity index (χ3n) is 1.89. The van der Waals surface area contributed by atoms with Crippen LogP contribution in [0, 0.1) is 13.8 Å². The highest BCUT2D eigenvalue weighted by Gasteiger charge is 2.17. The molecule has 0 saturated heterocycles. The van der Waals surface area contributed by atoms with Gasteiger partial charge in [-0.15, -0.1) is 0 Å². The molecule has 1 aromatic rings. The van der Waals surface area contributed by atoms with E-state index in [2.05, 4.69) is 4.98 Å². The van der Waals surface area contributed by atoms with Gasteiger partial charge in [-0.25, -0.2) is 4.98 Å². The Morgan fingerprint density at radius 2 is 2.14 bits per heavy atom. The number of primary amides is 1. The first kappa shape index (κ1) is 10.7. The van der Waals surface area contributed by atoms with Crippen LogP contribution in [0.2, 0.25) is 5.02 Å². The summed E-state index contributed by atoms with van der Waals surface area (Å²) >= 11 is 5.88. The van der Waals surface area contributed by atoms with Crippen LogP contribution in [0.25, 0.3) is 0 Å². The summed E-state index contributed by atoms with van der Waals surface area (Å²) < 4.78 is 0. The van der Waals surface area contributed by atoms with Crippen LogP contribution in [-0.2, 0) is 0 Å². The van der Waals surface area contributed by atoms with Crippen LogP contribution in [-0.4, -0.2) is 16.1 Å². The minimum Gasteiger partial charge on any atom is -0.365 e. The third-order valence-corrected chi connectivity index (χ3v) is 2.45. The molecule has 0 radical (unpaired) electrons. The summed E-state index contributed by atoms with van der Waals surface area (Å²) in [7, 11) is 0. The van der Waals surface area contributed by atoms with Crippen molar-refractivity contribution in [2.45, 2.75) is 13.8 Å². The van der Waals surface area contributed by atoms with Crippen molar-refractivity contribution >= 4 is 23.3 Å². The molecule has 0 fully saturated rings. The number of nitrogens with one attached hydrogen (secondary N) is 1. The molecule has 1 amide bonds. The summed E-state index contributed by atoms with van der Waals surface area (Å²) in [4.78, 5) is 14.9. The van der Waals surface area contributed by atoms with Crippen LogP contribution >= 0.6 is 11.6 Å². The lowest BCUT2D eigenvalue weighted by Crippen LogP contribution is -2.17. The number of rotatable bonds is 2. The minimum absolute atomic E-state index is 0.0249. The molecule has 1 heterocycles. The van der Waals surface area contributed by atoms with Gasteiger partial charge in [-0.3, -0.25) is 15.5 Å². The SMILES string of the molecule is Cc1nc(NO)c(C(N)=O)c(C)c1Cl. The number of carbonyl (C=O) groups is 1. The topological polar surface area (TPSA) is 88.2 Å². The number of anilines is 1. The molecule has 0 saturated carbocycles. The molecule has 0 unspecified atom stereocenters. The van der Waals surface area contributed by atoms with Crippen LogP contribution in [0.5, 0.6) is 0 Å². The molecule has 1 aromatic heterocycles. The van der Waals surface area contributed by atoms with Crippen LogP contribution in [0.4, 0.5) is 5.82 Å². The molecule has 0 aromatic carbocycles. The molecule has 0 aliphatic heterocycles. The van der Waals surface area contributed by atoms with Gasteiger partial charge in [0.25, 0.3) is 5.91 Å². The average molecular weight is 216 g/mol. The molecule has 0 bridgehead atoms. The number of hydrogen-bond acceptors (Lipinski definition) is 4. The Hall–Kier alpha value is -1.33. The van der Waals surface area contributed by atoms with Crippen molar-refractivity contribution in [3.63, 3.8) is 0 Å². The smallest absolute Gasteiger partial charge is 0.252 e. The third kappa shape index (κ3) is 1.64. The average Bonchev–Trinajstić information content (AvgIpc) is 2.12. The Morgan fingerprint density at radius 1 is 1.57 bits per heavy atom. The molecular weight excluding hydrogens is 206 g/mol. The van der Waals surface area contributed by atoms with Crippen molar-refractivity contribution in [1.82, 2.24) is 4.98 Å². The maximum Gasteiger partial charge on any atom is 0.252 e. The second kappa shape index (κ2) is 3.81. The van der Waals surface area contributed by atoms with Crippen LogP contribution in [0.3, 0.4) is 0 Å². The van der Waals surface area contributed by atoms with Gasteiger partial charge in [0.15, 0.2) is 5.82 Å². The lowest BCUT2D eigenvalue weighted by Gasteiger charge is -2.10. The fourth-order valence-electron chi connectivity index (χ4n) is 1.21. The number of amides is 1. The quantitative estimate of drug-likeness (QED) is 0.648. The van der Waals surface area contributed by atoms with Crippen molar-refractivity contribution in [3.8, 4) is 0 Å². The van der Waals surface area contributed by atoms with Gasteiger partial charge in [-0.2, -0.15) is 0 Å². The number of pyridine rings is 1. The molecular formula is C8H10ClN3O2. The fourth-order valence-corrected chi connectivity index (χ4v) is 1.35. The minimum atomic E-state index is -0.687. The predicted molar refractivity (Wildman–Crippen MR) is 52.6 cm³/mol. The zero-order valence-corrected chi connectivity index (χ0v) is 8.51. The van der Waals surface area contributed by atoms with Gasteiger partial charge < -0.3 is 5.73 Å². The van der Waals surface area contributed by atoms with E-state index in [4.69, 9.17) is 22.5 Å². The van der Waals surface area contributed by atoms with Gasteiger partial charge in [-0.1, -0.05) is 11.6 Å². The highest BCUT2D eigenvalue weighted by Crippen LogP contribution is 2.26. The lowest BCUT2D eigenvalue weighted by atomic mass is 10.1. The van der Waals surface area contributed by atoms with E-state index in [1.54, 1.807) is 13.8 Å². The second-order valence-electron chi connectivity index (χ2n) is 2.84. The Labute approximate surface area is 85.8 Å². The normalized spacial score (nSPS) is 10.0. The Balaban J connectivity index is 3.53. The summed E-state index contributed by atoms with van der Waals surface area (Å²) in [6, 6.07) is 0. The molecule has 14 heavy (non-hydrogen) atoms. The molecule has 6 heteroatoms. The molecule has 5 nitrogen and oxygen atoms in total. The van der Waals surface area contributed by atoms with Gasteiger partial charge in [0.2, 0.25) is 0 Å². The predicted octanol–water partition coefficient (Wildman–Crippen LogP) is 1.25. The van der Waals surface area contributed by atoms with E-state index >= 15 is 0 Å². The summed E-state index contributed by atoms with van der Waals surface area (Å²) in [5.41, 5.74) is 8.06. The highest BCUT2D eigenvalue weighted by atomic mass is 35.5. The molecule has 4 N–H and O–H groups in total. The zero-order chi connectivity index (χ0) is 10.9.